The van der Waals surface area contributed by atoms with Crippen LogP contribution in [0.1, 0.15) is 77.2 Å². The molecule has 10 heteroatoms. The lowest BCUT2D eigenvalue weighted by Crippen LogP contribution is -2.64. The fourth-order valence-corrected chi connectivity index (χ4v) is 5.45. The predicted octanol–water partition coefficient (Wildman–Crippen LogP) is 1.80. The number of rotatable bonds is 11. The molecule has 1 aromatic rings. The first kappa shape index (κ1) is 29.7. The third kappa shape index (κ3) is 7.90. The second-order valence-corrected chi connectivity index (χ2v) is 11.7. The molecule has 3 heterocycles. The van der Waals surface area contributed by atoms with Gasteiger partial charge in [0.15, 0.2) is 5.78 Å². The molecule has 3 aliphatic rings. The monoisotopic (exact) mass is 554 g/mol. The van der Waals surface area contributed by atoms with Crippen molar-refractivity contribution in [2.24, 2.45) is 0 Å². The number of ketones is 1. The molecule has 4 rings (SSSR count). The van der Waals surface area contributed by atoms with Gasteiger partial charge in [-0.05, 0) is 45.1 Å². The molecule has 0 bridgehead atoms. The van der Waals surface area contributed by atoms with Gasteiger partial charge in [0, 0.05) is 19.4 Å². The summed E-state index contributed by atoms with van der Waals surface area (Å²) in [6.07, 6.45) is 6.44. The molecule has 0 aromatic heterocycles. The smallest absolute Gasteiger partial charge is 0.246 e. The largest absolute Gasteiger partial charge is 0.365 e. The number of nitrogens with one attached hydrogen (secondary N) is 3. The molecule has 4 atom stereocenters. The normalized spacial score (nSPS) is 26.6. The summed E-state index contributed by atoms with van der Waals surface area (Å²) >= 11 is 0. The van der Waals surface area contributed by atoms with Crippen LogP contribution in [0.5, 0.6) is 0 Å². The van der Waals surface area contributed by atoms with Crippen LogP contribution >= 0.6 is 0 Å². The zero-order valence-electron chi connectivity index (χ0n) is 23.6. The Balaban J connectivity index is 1.40. The number of hydrogen-bond donors (Lipinski definition) is 3. The topological polar surface area (TPSA) is 137 Å². The number of carbonyl (C=O) groups excluding carboxylic acids is 5. The van der Waals surface area contributed by atoms with Crippen LogP contribution in [-0.2, 0) is 35.1 Å². The zero-order valence-corrected chi connectivity index (χ0v) is 23.6. The summed E-state index contributed by atoms with van der Waals surface area (Å²) in [5, 5.41) is 8.57. The average Bonchev–Trinajstić information content (AvgIpc) is 3.66. The molecule has 1 unspecified atom stereocenters. The molecule has 40 heavy (non-hydrogen) atoms. The highest BCUT2D eigenvalue weighted by atomic mass is 16.6. The van der Waals surface area contributed by atoms with Crippen LogP contribution in [0.25, 0.3) is 0 Å². The van der Waals surface area contributed by atoms with Crippen LogP contribution in [0.15, 0.2) is 30.3 Å². The summed E-state index contributed by atoms with van der Waals surface area (Å²) in [6.45, 7) is 4.17. The van der Waals surface area contributed by atoms with Crippen LogP contribution in [0.3, 0.4) is 0 Å². The number of benzene rings is 1. The molecule has 0 aliphatic carbocycles. The number of fused-ring (bicyclic) bond motifs is 1. The van der Waals surface area contributed by atoms with E-state index in [0.29, 0.717) is 45.3 Å². The molecule has 3 fully saturated rings. The number of nitrogens with zero attached hydrogens (tertiary/aromatic N) is 1. The minimum Gasteiger partial charge on any atom is -0.365 e. The first-order chi connectivity index (χ1) is 19.2. The molecule has 0 radical (unpaired) electrons. The van der Waals surface area contributed by atoms with Crippen LogP contribution in [0.2, 0.25) is 0 Å². The van der Waals surface area contributed by atoms with E-state index >= 15 is 0 Å². The number of amides is 4. The molecular formula is C30H42N4O6. The third-order valence-electron chi connectivity index (χ3n) is 7.97. The maximum atomic E-state index is 13.7. The Bertz CT molecular complexity index is 1090. The maximum absolute atomic E-state index is 13.7. The summed E-state index contributed by atoms with van der Waals surface area (Å²) in [5.74, 6) is -1.33. The SMILES string of the molecule is CC1(C)NC(=O)[C@H](CCCCCCCC(=O)[C@@H]2CO2)NC(=O)C2CCCN2C(=O)[C@H](Cc2ccccc2)NC1=O. The zero-order chi connectivity index (χ0) is 28.7. The maximum Gasteiger partial charge on any atom is 0.246 e. The third-order valence-corrected chi connectivity index (χ3v) is 7.97. The van der Waals surface area contributed by atoms with E-state index in [-0.39, 0.29) is 30.1 Å². The Kier molecular flexibility index (Phi) is 9.95. The van der Waals surface area contributed by atoms with E-state index in [9.17, 15) is 24.0 Å². The van der Waals surface area contributed by atoms with Crippen LogP contribution < -0.4 is 16.0 Å². The van der Waals surface area contributed by atoms with Gasteiger partial charge in [0.25, 0.3) is 0 Å². The van der Waals surface area contributed by atoms with E-state index in [1.54, 1.807) is 18.7 Å². The first-order valence-electron chi connectivity index (χ1n) is 14.6. The second kappa shape index (κ2) is 13.4. The second-order valence-electron chi connectivity index (χ2n) is 11.7. The van der Waals surface area contributed by atoms with Crippen molar-refractivity contribution in [3.8, 4) is 0 Å². The molecule has 3 saturated heterocycles. The van der Waals surface area contributed by atoms with Gasteiger partial charge in [0.2, 0.25) is 23.6 Å². The van der Waals surface area contributed by atoms with Crippen molar-refractivity contribution in [2.75, 3.05) is 13.2 Å². The highest BCUT2D eigenvalue weighted by molar-refractivity contribution is 5.99. The van der Waals surface area contributed by atoms with Crippen molar-refractivity contribution in [2.45, 2.75) is 108 Å². The van der Waals surface area contributed by atoms with Gasteiger partial charge < -0.3 is 25.6 Å². The van der Waals surface area contributed by atoms with E-state index in [1.807, 2.05) is 30.3 Å². The Hall–Kier alpha value is -3.27. The number of epoxide rings is 1. The minimum absolute atomic E-state index is 0.171. The van der Waals surface area contributed by atoms with Crippen molar-refractivity contribution in [3.05, 3.63) is 35.9 Å². The van der Waals surface area contributed by atoms with Crippen LogP contribution in [-0.4, -0.2) is 77.2 Å². The van der Waals surface area contributed by atoms with Gasteiger partial charge >= 0.3 is 0 Å². The quantitative estimate of drug-likeness (QED) is 0.282. The van der Waals surface area contributed by atoms with Gasteiger partial charge in [-0.2, -0.15) is 0 Å². The number of Topliss-reactive ketones (excluding diaryl/α,β-unsaturated/α-hetero) is 1. The molecule has 3 N–H and O–H groups in total. The highest BCUT2D eigenvalue weighted by Gasteiger charge is 2.42. The van der Waals surface area contributed by atoms with Crippen molar-refractivity contribution in [3.63, 3.8) is 0 Å². The number of hydrogen-bond acceptors (Lipinski definition) is 6. The summed E-state index contributed by atoms with van der Waals surface area (Å²) in [7, 11) is 0. The van der Waals surface area contributed by atoms with Gasteiger partial charge in [0.05, 0.1) is 6.61 Å². The Morgan fingerprint density at radius 2 is 1.65 bits per heavy atom. The summed E-state index contributed by atoms with van der Waals surface area (Å²) in [4.78, 5) is 67.1. The van der Waals surface area contributed by atoms with Gasteiger partial charge in [0.1, 0.15) is 29.8 Å². The lowest BCUT2D eigenvalue weighted by Gasteiger charge is -2.34. The Morgan fingerprint density at radius 3 is 2.38 bits per heavy atom. The molecular weight excluding hydrogens is 512 g/mol. The van der Waals surface area contributed by atoms with E-state index in [1.165, 1.54) is 0 Å². The van der Waals surface area contributed by atoms with Crippen molar-refractivity contribution >= 4 is 29.4 Å². The van der Waals surface area contributed by atoms with Crippen LogP contribution in [0.4, 0.5) is 0 Å². The minimum atomic E-state index is -1.29. The standard InChI is InChI=1S/C30H42N4O6/c1-30(2)29(39)32-22(18-20-12-7-6-8-13-20)28(38)34-17-11-15-23(34)27(37)31-21(26(36)33-30)14-9-4-3-5-10-16-24(35)25-19-40-25/h6-8,12-13,21-23,25H,3-5,9-11,14-19H2,1-2H3,(H,31,37)(H,32,39)(H,33,36)/t21-,22-,23?,25-/m0/s1. The molecule has 10 nitrogen and oxygen atoms in total. The Labute approximate surface area is 236 Å². The average molecular weight is 555 g/mol. The lowest BCUT2D eigenvalue weighted by molar-refractivity contribution is -0.144. The molecule has 0 saturated carbocycles. The van der Waals surface area contributed by atoms with E-state index in [0.717, 1.165) is 31.2 Å². The fourth-order valence-electron chi connectivity index (χ4n) is 5.45. The summed E-state index contributed by atoms with van der Waals surface area (Å²) in [6, 6.07) is 7.06. The van der Waals surface area contributed by atoms with Crippen molar-refractivity contribution < 1.29 is 28.7 Å². The van der Waals surface area contributed by atoms with Gasteiger partial charge in [-0.3, -0.25) is 24.0 Å². The van der Waals surface area contributed by atoms with Gasteiger partial charge in [-0.25, -0.2) is 0 Å². The predicted molar refractivity (Wildman–Crippen MR) is 148 cm³/mol. The fraction of sp³-hybridized carbons (Fsp3) is 0.633. The van der Waals surface area contributed by atoms with Crippen LogP contribution in [0, 0.1) is 0 Å². The lowest BCUT2D eigenvalue weighted by atomic mass is 9.98. The van der Waals surface area contributed by atoms with Crippen molar-refractivity contribution in [1.29, 1.82) is 0 Å². The highest BCUT2D eigenvalue weighted by Crippen LogP contribution is 2.22. The summed E-state index contributed by atoms with van der Waals surface area (Å²) in [5.41, 5.74) is -0.407. The molecule has 3 aliphatic heterocycles. The molecule has 218 valence electrons. The van der Waals surface area contributed by atoms with Gasteiger partial charge in [-0.1, -0.05) is 56.0 Å². The summed E-state index contributed by atoms with van der Waals surface area (Å²) < 4.78 is 5.02. The molecule has 4 amide bonds. The number of ether oxygens (including phenoxy) is 1. The Morgan fingerprint density at radius 1 is 0.950 bits per heavy atom. The van der Waals surface area contributed by atoms with E-state index < -0.39 is 35.5 Å². The number of unbranched alkanes of at least 4 members (excludes halogenated alkanes) is 4. The van der Waals surface area contributed by atoms with E-state index in [2.05, 4.69) is 16.0 Å². The molecule has 0 spiro atoms. The first-order valence-corrected chi connectivity index (χ1v) is 14.6. The van der Waals surface area contributed by atoms with E-state index in [4.69, 9.17) is 4.74 Å². The number of carbonyl (C=O) groups is 5. The van der Waals surface area contributed by atoms with Crippen molar-refractivity contribution in [1.82, 2.24) is 20.9 Å². The molecule has 1 aromatic carbocycles. The van der Waals surface area contributed by atoms with Gasteiger partial charge in [-0.15, -0.1) is 0 Å².